The average molecular weight is 249 g/mol. The molecule has 2 heterocycles. The molecule has 0 aliphatic heterocycles. The highest BCUT2D eigenvalue weighted by Crippen LogP contribution is 2.22. The molecule has 2 aromatic heterocycles. The Morgan fingerprint density at radius 1 is 1.47 bits per heavy atom. The molecule has 1 atom stereocenters. The molecule has 0 radical (unpaired) electrons. The first-order valence-electron chi connectivity index (χ1n) is 5.88. The normalized spacial score (nSPS) is 13.2. The van der Waals surface area contributed by atoms with E-state index in [0.717, 1.165) is 12.2 Å². The van der Waals surface area contributed by atoms with Gasteiger partial charge in [-0.2, -0.15) is 0 Å². The summed E-state index contributed by atoms with van der Waals surface area (Å²) in [5.74, 6) is 0.426. The van der Waals surface area contributed by atoms with Crippen LogP contribution in [0.25, 0.3) is 0 Å². The molecule has 0 saturated heterocycles. The van der Waals surface area contributed by atoms with Crippen molar-refractivity contribution in [1.82, 2.24) is 9.55 Å². The van der Waals surface area contributed by atoms with Crippen LogP contribution in [0.1, 0.15) is 36.0 Å². The zero-order valence-corrected chi connectivity index (χ0v) is 11.4. The molecule has 92 valence electrons. The largest absolute Gasteiger partial charge is 0.328 e. The molecule has 17 heavy (non-hydrogen) atoms. The van der Waals surface area contributed by atoms with E-state index in [9.17, 15) is 0 Å². The highest BCUT2D eigenvalue weighted by Gasteiger charge is 2.15. The third-order valence-corrected chi connectivity index (χ3v) is 4.09. The summed E-state index contributed by atoms with van der Waals surface area (Å²) in [6, 6.07) is 2.21. The minimum Gasteiger partial charge on any atom is -0.328 e. The SMILES string of the molecule is Cc1ccsc1Cn1cncc1C(N)C(C)C. The van der Waals surface area contributed by atoms with Crippen LogP contribution in [0.2, 0.25) is 0 Å². The summed E-state index contributed by atoms with van der Waals surface area (Å²) >= 11 is 1.79. The van der Waals surface area contributed by atoms with Gasteiger partial charge in [-0.3, -0.25) is 0 Å². The van der Waals surface area contributed by atoms with E-state index in [1.807, 2.05) is 12.5 Å². The number of hydrogen-bond donors (Lipinski definition) is 1. The number of nitrogens with zero attached hydrogens (tertiary/aromatic N) is 2. The second-order valence-electron chi connectivity index (χ2n) is 4.74. The van der Waals surface area contributed by atoms with Crippen molar-refractivity contribution in [1.29, 1.82) is 0 Å². The first kappa shape index (κ1) is 12.3. The van der Waals surface area contributed by atoms with Crippen LogP contribution in [0, 0.1) is 12.8 Å². The number of imidazole rings is 1. The Labute approximate surface area is 106 Å². The van der Waals surface area contributed by atoms with Crippen molar-refractivity contribution in [2.24, 2.45) is 11.7 Å². The lowest BCUT2D eigenvalue weighted by Gasteiger charge is -2.17. The van der Waals surface area contributed by atoms with Gasteiger partial charge in [0.15, 0.2) is 0 Å². The van der Waals surface area contributed by atoms with E-state index < -0.39 is 0 Å². The molecule has 4 heteroatoms. The Morgan fingerprint density at radius 3 is 2.82 bits per heavy atom. The lowest BCUT2D eigenvalue weighted by molar-refractivity contribution is 0.485. The second-order valence-corrected chi connectivity index (χ2v) is 5.74. The number of nitrogens with two attached hydrogens (primary N) is 1. The average Bonchev–Trinajstić information content (AvgIpc) is 2.88. The molecule has 0 aliphatic rings. The maximum Gasteiger partial charge on any atom is 0.0952 e. The van der Waals surface area contributed by atoms with Crippen LogP contribution in [-0.4, -0.2) is 9.55 Å². The molecule has 0 aliphatic carbocycles. The second kappa shape index (κ2) is 5.02. The fourth-order valence-corrected chi connectivity index (χ4v) is 2.71. The smallest absolute Gasteiger partial charge is 0.0952 e. The summed E-state index contributed by atoms with van der Waals surface area (Å²) in [4.78, 5) is 5.60. The molecular formula is C13H19N3S. The van der Waals surface area contributed by atoms with E-state index >= 15 is 0 Å². The van der Waals surface area contributed by atoms with Gasteiger partial charge in [-0.25, -0.2) is 4.98 Å². The predicted molar refractivity (Wildman–Crippen MR) is 72.2 cm³/mol. The van der Waals surface area contributed by atoms with Gasteiger partial charge in [0.25, 0.3) is 0 Å². The lowest BCUT2D eigenvalue weighted by Crippen LogP contribution is -2.20. The molecule has 2 N–H and O–H groups in total. The molecule has 1 unspecified atom stereocenters. The van der Waals surface area contributed by atoms with Crippen LogP contribution in [0.4, 0.5) is 0 Å². The summed E-state index contributed by atoms with van der Waals surface area (Å²) in [5, 5.41) is 2.13. The fraction of sp³-hybridized carbons (Fsp3) is 0.462. The molecule has 0 fully saturated rings. The van der Waals surface area contributed by atoms with E-state index in [1.165, 1.54) is 10.4 Å². The molecular weight excluding hydrogens is 230 g/mol. The van der Waals surface area contributed by atoms with Gasteiger partial charge in [0.1, 0.15) is 0 Å². The predicted octanol–water partition coefficient (Wildman–Crippen LogP) is 2.96. The first-order valence-corrected chi connectivity index (χ1v) is 6.76. The Hall–Kier alpha value is -1.13. The number of aromatic nitrogens is 2. The van der Waals surface area contributed by atoms with Gasteiger partial charge >= 0.3 is 0 Å². The van der Waals surface area contributed by atoms with Crippen molar-refractivity contribution in [3.05, 3.63) is 40.1 Å². The molecule has 3 nitrogen and oxygen atoms in total. The number of aryl methyl sites for hydroxylation is 1. The lowest BCUT2D eigenvalue weighted by atomic mass is 10.0. The van der Waals surface area contributed by atoms with Gasteiger partial charge in [-0.05, 0) is 29.9 Å². The summed E-state index contributed by atoms with van der Waals surface area (Å²) in [6.07, 6.45) is 3.75. The van der Waals surface area contributed by atoms with Gasteiger partial charge in [0.05, 0.1) is 18.6 Å². The molecule has 0 amide bonds. The quantitative estimate of drug-likeness (QED) is 0.905. The van der Waals surface area contributed by atoms with Gasteiger partial charge in [0, 0.05) is 17.1 Å². The van der Waals surface area contributed by atoms with Crippen molar-refractivity contribution in [3.8, 4) is 0 Å². The van der Waals surface area contributed by atoms with Gasteiger partial charge in [0.2, 0.25) is 0 Å². The Morgan fingerprint density at radius 2 is 2.24 bits per heavy atom. The molecule has 0 spiro atoms. The van der Waals surface area contributed by atoms with E-state index in [2.05, 4.69) is 41.8 Å². The Bertz CT molecular complexity index is 484. The van der Waals surface area contributed by atoms with E-state index in [1.54, 1.807) is 11.3 Å². The summed E-state index contributed by atoms with van der Waals surface area (Å²) < 4.78 is 2.16. The topological polar surface area (TPSA) is 43.8 Å². The van der Waals surface area contributed by atoms with Crippen molar-refractivity contribution in [2.45, 2.75) is 33.4 Å². The van der Waals surface area contributed by atoms with Crippen LogP contribution in [-0.2, 0) is 6.54 Å². The summed E-state index contributed by atoms with van der Waals surface area (Å²) in [7, 11) is 0. The van der Waals surface area contributed by atoms with Crippen LogP contribution >= 0.6 is 11.3 Å². The summed E-state index contributed by atoms with van der Waals surface area (Å²) in [5.41, 5.74) is 8.65. The van der Waals surface area contributed by atoms with Crippen LogP contribution in [0.5, 0.6) is 0 Å². The Kier molecular flexibility index (Phi) is 3.64. The van der Waals surface area contributed by atoms with Crippen molar-refractivity contribution >= 4 is 11.3 Å². The Balaban J connectivity index is 2.23. The van der Waals surface area contributed by atoms with Gasteiger partial charge in [-0.1, -0.05) is 13.8 Å². The molecule has 2 rings (SSSR count). The third kappa shape index (κ3) is 2.58. The fourth-order valence-electron chi connectivity index (χ4n) is 1.80. The summed E-state index contributed by atoms with van der Waals surface area (Å²) in [6.45, 7) is 7.29. The van der Waals surface area contributed by atoms with Gasteiger partial charge < -0.3 is 10.3 Å². The van der Waals surface area contributed by atoms with Crippen molar-refractivity contribution in [3.63, 3.8) is 0 Å². The highest BCUT2D eigenvalue weighted by molar-refractivity contribution is 7.10. The zero-order valence-electron chi connectivity index (χ0n) is 10.6. The standard InChI is InChI=1S/C13H19N3S/c1-9(2)13(14)11-6-15-8-16(11)7-12-10(3)4-5-17-12/h4-6,8-9,13H,7,14H2,1-3H3. The molecule has 2 aromatic rings. The highest BCUT2D eigenvalue weighted by atomic mass is 32.1. The van der Waals surface area contributed by atoms with Crippen LogP contribution < -0.4 is 5.73 Å². The maximum absolute atomic E-state index is 6.19. The van der Waals surface area contributed by atoms with E-state index in [0.29, 0.717) is 5.92 Å². The number of rotatable bonds is 4. The first-order chi connectivity index (χ1) is 8.09. The molecule has 0 saturated carbocycles. The number of thiophene rings is 1. The third-order valence-electron chi connectivity index (χ3n) is 3.09. The van der Waals surface area contributed by atoms with Crippen molar-refractivity contribution in [2.75, 3.05) is 0 Å². The van der Waals surface area contributed by atoms with Crippen LogP contribution in [0.3, 0.4) is 0 Å². The number of hydrogen-bond acceptors (Lipinski definition) is 3. The van der Waals surface area contributed by atoms with E-state index in [-0.39, 0.29) is 6.04 Å². The van der Waals surface area contributed by atoms with Gasteiger partial charge in [-0.15, -0.1) is 11.3 Å². The van der Waals surface area contributed by atoms with E-state index in [4.69, 9.17) is 5.73 Å². The van der Waals surface area contributed by atoms with Crippen LogP contribution in [0.15, 0.2) is 24.0 Å². The molecule has 0 bridgehead atoms. The minimum atomic E-state index is 0.0535. The monoisotopic (exact) mass is 249 g/mol. The molecule has 0 aromatic carbocycles. The van der Waals surface area contributed by atoms with Crippen molar-refractivity contribution < 1.29 is 0 Å². The minimum absolute atomic E-state index is 0.0535. The zero-order chi connectivity index (χ0) is 12.4. The maximum atomic E-state index is 6.19.